The maximum atomic E-state index is 13.6. The molecular formula is C26H28N2O4S2. The summed E-state index contributed by atoms with van der Waals surface area (Å²) in [5.74, 6) is 0.373. The Hall–Kier alpha value is -2.97. The highest BCUT2D eigenvalue weighted by atomic mass is 32.1. The number of nitrogens with zero attached hydrogens (tertiary/aromatic N) is 2. The molecular weight excluding hydrogens is 468 g/mol. The summed E-state index contributed by atoms with van der Waals surface area (Å²) in [5.41, 5.74) is 1.89. The van der Waals surface area contributed by atoms with Crippen LogP contribution in [0.5, 0.6) is 5.75 Å². The largest absolute Gasteiger partial charge is 0.491 e. The number of carbonyl (C=O) groups excluding carboxylic acids is 1. The van der Waals surface area contributed by atoms with Crippen LogP contribution in [0.1, 0.15) is 57.0 Å². The van der Waals surface area contributed by atoms with Gasteiger partial charge in [0.1, 0.15) is 11.8 Å². The number of esters is 1. The molecule has 0 unspecified atom stereocenters. The van der Waals surface area contributed by atoms with Gasteiger partial charge in [0.15, 0.2) is 4.80 Å². The lowest BCUT2D eigenvalue weighted by molar-refractivity contribution is -0.139. The van der Waals surface area contributed by atoms with Gasteiger partial charge in [-0.25, -0.2) is 9.79 Å². The van der Waals surface area contributed by atoms with Crippen molar-refractivity contribution in [2.24, 2.45) is 4.99 Å². The predicted molar refractivity (Wildman–Crippen MR) is 136 cm³/mol. The van der Waals surface area contributed by atoms with E-state index in [4.69, 9.17) is 14.5 Å². The van der Waals surface area contributed by atoms with Crippen molar-refractivity contribution >= 4 is 34.7 Å². The number of rotatable bonds is 8. The van der Waals surface area contributed by atoms with E-state index in [1.165, 1.54) is 22.7 Å². The highest BCUT2D eigenvalue weighted by molar-refractivity contribution is 7.10. The lowest BCUT2D eigenvalue weighted by Crippen LogP contribution is -2.39. The van der Waals surface area contributed by atoms with Gasteiger partial charge in [-0.15, -0.1) is 11.3 Å². The van der Waals surface area contributed by atoms with Crippen LogP contribution in [-0.2, 0) is 9.53 Å². The van der Waals surface area contributed by atoms with E-state index in [1.54, 1.807) is 11.5 Å². The molecule has 178 valence electrons. The number of thiophene rings is 1. The van der Waals surface area contributed by atoms with Crippen LogP contribution >= 0.6 is 22.7 Å². The molecule has 3 aromatic rings. The van der Waals surface area contributed by atoms with Gasteiger partial charge in [-0.1, -0.05) is 42.9 Å². The normalized spacial score (nSPS) is 15.9. The zero-order valence-corrected chi connectivity index (χ0v) is 21.4. The minimum absolute atomic E-state index is 0.0951. The molecule has 0 aliphatic carbocycles. The van der Waals surface area contributed by atoms with E-state index in [0.29, 0.717) is 27.0 Å². The van der Waals surface area contributed by atoms with Gasteiger partial charge in [-0.2, -0.15) is 0 Å². The average molecular weight is 497 g/mol. The molecule has 34 heavy (non-hydrogen) atoms. The SMILES string of the molecule is CCCC1=C(C(=O)OCC)[C@@H](c2cccs2)n2c(s/c(=C\c3ccc(OC(C)C)cc3)c2=O)=N1. The van der Waals surface area contributed by atoms with Crippen LogP contribution in [0.2, 0.25) is 0 Å². The molecule has 0 bridgehead atoms. The monoisotopic (exact) mass is 496 g/mol. The standard InChI is InChI=1S/C26H28N2O4S2/c1-5-8-19-22(25(30)31-6-2)23(20-9-7-14-33-20)28-24(29)21(34-26(28)27-19)15-17-10-12-18(13-11-17)32-16(3)4/h7,9-16,23H,5-6,8H2,1-4H3/b21-15-/t23-/m1/s1. The summed E-state index contributed by atoms with van der Waals surface area (Å²) in [4.78, 5) is 33.0. The first-order chi connectivity index (χ1) is 16.4. The number of aromatic nitrogens is 1. The second kappa shape index (κ2) is 10.5. The van der Waals surface area contributed by atoms with Gasteiger partial charge < -0.3 is 9.47 Å². The minimum Gasteiger partial charge on any atom is -0.491 e. The zero-order valence-electron chi connectivity index (χ0n) is 19.7. The summed E-state index contributed by atoms with van der Waals surface area (Å²) < 4.78 is 13.3. The second-order valence-corrected chi connectivity index (χ2v) is 10.2. The van der Waals surface area contributed by atoms with E-state index in [9.17, 15) is 9.59 Å². The maximum Gasteiger partial charge on any atom is 0.338 e. The number of allylic oxidation sites excluding steroid dienone is 1. The molecule has 1 aliphatic rings. The Kier molecular flexibility index (Phi) is 7.48. The highest BCUT2D eigenvalue weighted by Crippen LogP contribution is 2.34. The van der Waals surface area contributed by atoms with Gasteiger partial charge in [0.05, 0.1) is 28.5 Å². The molecule has 3 heterocycles. The Morgan fingerprint density at radius 3 is 2.59 bits per heavy atom. The van der Waals surface area contributed by atoms with Gasteiger partial charge in [0, 0.05) is 4.88 Å². The summed E-state index contributed by atoms with van der Waals surface area (Å²) in [5, 5.41) is 1.95. The molecule has 0 saturated heterocycles. The second-order valence-electron chi connectivity index (χ2n) is 8.16. The van der Waals surface area contributed by atoms with Crippen molar-refractivity contribution in [3.05, 3.63) is 83.2 Å². The number of benzene rings is 1. The summed E-state index contributed by atoms with van der Waals surface area (Å²) in [7, 11) is 0. The van der Waals surface area contributed by atoms with Crippen LogP contribution in [0.3, 0.4) is 0 Å². The maximum absolute atomic E-state index is 13.6. The average Bonchev–Trinajstić information content (AvgIpc) is 3.43. The number of hydrogen-bond acceptors (Lipinski definition) is 7. The predicted octanol–water partition coefficient (Wildman–Crippen LogP) is 4.43. The van der Waals surface area contributed by atoms with Crippen molar-refractivity contribution in [1.82, 2.24) is 4.57 Å². The molecule has 0 saturated carbocycles. The molecule has 0 fully saturated rings. The number of ether oxygens (including phenoxy) is 2. The van der Waals surface area contributed by atoms with Gasteiger partial charge in [0.25, 0.3) is 5.56 Å². The van der Waals surface area contributed by atoms with E-state index >= 15 is 0 Å². The smallest absolute Gasteiger partial charge is 0.338 e. The lowest BCUT2D eigenvalue weighted by Gasteiger charge is -2.24. The first kappa shape index (κ1) is 24.2. The van der Waals surface area contributed by atoms with E-state index < -0.39 is 12.0 Å². The van der Waals surface area contributed by atoms with Gasteiger partial charge in [0.2, 0.25) is 0 Å². The van der Waals surface area contributed by atoms with Crippen molar-refractivity contribution < 1.29 is 14.3 Å². The van der Waals surface area contributed by atoms with E-state index in [-0.39, 0.29) is 18.3 Å². The lowest BCUT2D eigenvalue weighted by atomic mass is 9.99. The van der Waals surface area contributed by atoms with Crippen LogP contribution < -0.4 is 19.6 Å². The zero-order chi connectivity index (χ0) is 24.2. The van der Waals surface area contributed by atoms with E-state index in [0.717, 1.165) is 22.6 Å². The van der Waals surface area contributed by atoms with Crippen molar-refractivity contribution in [3.8, 4) is 5.75 Å². The van der Waals surface area contributed by atoms with Crippen LogP contribution in [0.25, 0.3) is 6.08 Å². The van der Waals surface area contributed by atoms with Crippen molar-refractivity contribution in [3.63, 3.8) is 0 Å². The Morgan fingerprint density at radius 1 is 1.21 bits per heavy atom. The van der Waals surface area contributed by atoms with Crippen molar-refractivity contribution in [1.29, 1.82) is 0 Å². The molecule has 6 nitrogen and oxygen atoms in total. The Morgan fingerprint density at radius 2 is 1.97 bits per heavy atom. The summed E-state index contributed by atoms with van der Waals surface area (Å²) in [6.45, 7) is 8.06. The molecule has 0 spiro atoms. The summed E-state index contributed by atoms with van der Waals surface area (Å²) >= 11 is 2.86. The van der Waals surface area contributed by atoms with Crippen molar-refractivity contribution in [2.75, 3.05) is 6.61 Å². The van der Waals surface area contributed by atoms with Gasteiger partial charge in [-0.3, -0.25) is 9.36 Å². The molecule has 1 aliphatic heterocycles. The third-order valence-electron chi connectivity index (χ3n) is 5.25. The molecule has 8 heteroatoms. The molecule has 2 aromatic heterocycles. The number of fused-ring (bicyclic) bond motifs is 1. The molecule has 0 radical (unpaired) electrons. The minimum atomic E-state index is -0.541. The van der Waals surface area contributed by atoms with Crippen LogP contribution in [0.4, 0.5) is 0 Å². The first-order valence-corrected chi connectivity index (χ1v) is 13.1. The van der Waals surface area contributed by atoms with Crippen LogP contribution in [0, 0.1) is 0 Å². The topological polar surface area (TPSA) is 69.9 Å². The molecule has 0 N–H and O–H groups in total. The van der Waals surface area contributed by atoms with E-state index in [1.807, 2.05) is 68.6 Å². The molecule has 1 aromatic carbocycles. The number of hydrogen-bond donors (Lipinski definition) is 0. The van der Waals surface area contributed by atoms with Crippen LogP contribution in [-0.4, -0.2) is 23.2 Å². The molecule has 1 atom stereocenters. The summed E-state index contributed by atoms with van der Waals surface area (Å²) in [6, 6.07) is 11.0. The Bertz CT molecular complexity index is 1360. The quantitative estimate of drug-likeness (QED) is 0.433. The number of carbonyl (C=O) groups is 1. The Labute approximate surface area is 206 Å². The summed E-state index contributed by atoms with van der Waals surface area (Å²) in [6.07, 6.45) is 3.43. The van der Waals surface area contributed by atoms with Crippen molar-refractivity contribution in [2.45, 2.75) is 52.7 Å². The third kappa shape index (κ3) is 4.93. The molecule has 4 rings (SSSR count). The first-order valence-electron chi connectivity index (χ1n) is 11.4. The van der Waals surface area contributed by atoms with Crippen LogP contribution in [0.15, 0.2) is 62.8 Å². The fraction of sp³-hybridized carbons (Fsp3) is 0.346. The van der Waals surface area contributed by atoms with E-state index in [2.05, 4.69) is 0 Å². The van der Waals surface area contributed by atoms with Gasteiger partial charge >= 0.3 is 5.97 Å². The fourth-order valence-corrected chi connectivity index (χ4v) is 5.75. The number of thiazole rings is 1. The fourth-order valence-electron chi connectivity index (χ4n) is 3.90. The highest BCUT2D eigenvalue weighted by Gasteiger charge is 2.34. The molecule has 0 amide bonds. The Balaban J connectivity index is 1.86. The third-order valence-corrected chi connectivity index (χ3v) is 7.16. The van der Waals surface area contributed by atoms with Gasteiger partial charge in [-0.05, 0) is 62.4 Å².